The summed E-state index contributed by atoms with van der Waals surface area (Å²) in [7, 11) is 1.84. The van der Waals surface area contributed by atoms with Crippen LogP contribution in [0.1, 0.15) is 25.1 Å². The van der Waals surface area contributed by atoms with Crippen LogP contribution in [0.4, 0.5) is 8.78 Å². The Bertz CT molecular complexity index is 321. The summed E-state index contributed by atoms with van der Waals surface area (Å²) in [5.74, 6) is -2.79. The summed E-state index contributed by atoms with van der Waals surface area (Å²) in [4.78, 5) is 4.07. The first-order valence-corrected chi connectivity index (χ1v) is 4.94. The summed E-state index contributed by atoms with van der Waals surface area (Å²) < 4.78 is 26.0. The molecule has 1 heterocycles. The normalized spacial score (nSPS) is 13.9. The fraction of sp³-hybridized carbons (Fsp3) is 0.545. The molecule has 84 valence electrons. The van der Waals surface area contributed by atoms with Crippen LogP contribution in [0, 0.1) is 0 Å². The fourth-order valence-corrected chi connectivity index (χ4v) is 1.28. The Balaban J connectivity index is 2.84. The second kappa shape index (κ2) is 4.66. The molecule has 0 spiro atoms. The number of aromatic nitrogens is 1. The number of nitrogens with one attached hydrogen (secondary N) is 1. The molecule has 1 aromatic rings. The quantitative estimate of drug-likeness (QED) is 0.832. The summed E-state index contributed by atoms with van der Waals surface area (Å²) in [6.45, 7) is 2.88. The summed E-state index contributed by atoms with van der Waals surface area (Å²) in [6, 6.07) is 3.06. The molecule has 2 nitrogen and oxygen atoms in total. The first-order valence-electron chi connectivity index (χ1n) is 4.94. The third kappa shape index (κ3) is 3.55. The van der Waals surface area contributed by atoms with Gasteiger partial charge in [-0.05, 0) is 26.1 Å². The number of likely N-dealkylation sites (N-methyl/N-ethyl adjacent to an activating group) is 1. The Hall–Kier alpha value is -1.03. The number of hydrogen-bond donors (Lipinski definition) is 1. The lowest BCUT2D eigenvalue weighted by molar-refractivity contribution is 0.0173. The highest BCUT2D eigenvalue weighted by molar-refractivity contribution is 5.21. The highest BCUT2D eigenvalue weighted by atomic mass is 19.3. The zero-order valence-corrected chi connectivity index (χ0v) is 9.22. The third-order valence-electron chi connectivity index (χ3n) is 2.33. The number of hydrogen-bond acceptors (Lipinski definition) is 2. The SMILES string of the molecule is CNC(C)Cc1cc(C(C)(F)F)ccn1. The van der Waals surface area contributed by atoms with E-state index in [1.54, 1.807) is 0 Å². The summed E-state index contributed by atoms with van der Waals surface area (Å²) >= 11 is 0. The van der Waals surface area contributed by atoms with Gasteiger partial charge in [-0.3, -0.25) is 4.98 Å². The molecule has 1 atom stereocenters. The number of pyridine rings is 1. The molecule has 1 aromatic heterocycles. The van der Waals surface area contributed by atoms with Gasteiger partial charge in [-0.15, -0.1) is 0 Å². The van der Waals surface area contributed by atoms with Gasteiger partial charge in [-0.2, -0.15) is 0 Å². The molecule has 0 aliphatic rings. The van der Waals surface area contributed by atoms with Crippen LogP contribution in [0.25, 0.3) is 0 Å². The molecule has 0 aromatic carbocycles. The molecule has 0 aliphatic carbocycles. The van der Waals surface area contributed by atoms with E-state index in [1.807, 2.05) is 14.0 Å². The van der Waals surface area contributed by atoms with Crippen molar-refractivity contribution in [3.63, 3.8) is 0 Å². The van der Waals surface area contributed by atoms with E-state index < -0.39 is 5.92 Å². The lowest BCUT2D eigenvalue weighted by atomic mass is 10.1. The van der Waals surface area contributed by atoms with Crippen molar-refractivity contribution in [2.24, 2.45) is 0 Å². The van der Waals surface area contributed by atoms with Crippen LogP contribution in [-0.2, 0) is 12.3 Å². The van der Waals surface area contributed by atoms with Gasteiger partial charge in [0, 0.05) is 36.8 Å². The summed E-state index contributed by atoms with van der Waals surface area (Å²) in [5, 5.41) is 3.04. The maximum atomic E-state index is 13.0. The van der Waals surface area contributed by atoms with Crippen LogP contribution in [-0.4, -0.2) is 18.1 Å². The van der Waals surface area contributed by atoms with Gasteiger partial charge in [0.15, 0.2) is 0 Å². The van der Waals surface area contributed by atoms with Crippen LogP contribution < -0.4 is 5.32 Å². The molecule has 0 saturated heterocycles. The first kappa shape index (κ1) is 12.0. The van der Waals surface area contributed by atoms with Crippen molar-refractivity contribution < 1.29 is 8.78 Å². The highest BCUT2D eigenvalue weighted by Crippen LogP contribution is 2.26. The minimum Gasteiger partial charge on any atom is -0.317 e. The van der Waals surface area contributed by atoms with Crippen molar-refractivity contribution in [3.8, 4) is 0 Å². The van der Waals surface area contributed by atoms with Gasteiger partial charge in [-0.1, -0.05) is 0 Å². The maximum Gasteiger partial charge on any atom is 0.270 e. The van der Waals surface area contributed by atoms with Gasteiger partial charge in [0.1, 0.15) is 0 Å². The topological polar surface area (TPSA) is 24.9 Å². The zero-order chi connectivity index (χ0) is 11.5. The summed E-state index contributed by atoms with van der Waals surface area (Å²) in [6.07, 6.45) is 2.09. The monoisotopic (exact) mass is 214 g/mol. The minimum absolute atomic E-state index is 0.0239. The molecular weight excluding hydrogens is 198 g/mol. The third-order valence-corrected chi connectivity index (χ3v) is 2.33. The van der Waals surface area contributed by atoms with E-state index in [0.29, 0.717) is 12.1 Å². The van der Waals surface area contributed by atoms with E-state index in [2.05, 4.69) is 10.3 Å². The average molecular weight is 214 g/mol. The first-order chi connectivity index (χ1) is 6.93. The van der Waals surface area contributed by atoms with E-state index in [9.17, 15) is 8.78 Å². The predicted molar refractivity (Wildman–Crippen MR) is 56.0 cm³/mol. The lowest BCUT2D eigenvalue weighted by Crippen LogP contribution is -2.24. The van der Waals surface area contributed by atoms with Crippen molar-refractivity contribution in [3.05, 3.63) is 29.6 Å². The second-order valence-corrected chi connectivity index (χ2v) is 3.82. The van der Waals surface area contributed by atoms with Crippen molar-refractivity contribution in [1.29, 1.82) is 0 Å². The molecule has 0 bridgehead atoms. The van der Waals surface area contributed by atoms with Gasteiger partial charge in [0.25, 0.3) is 5.92 Å². The smallest absolute Gasteiger partial charge is 0.270 e. The van der Waals surface area contributed by atoms with Gasteiger partial charge < -0.3 is 5.32 Å². The molecule has 4 heteroatoms. The second-order valence-electron chi connectivity index (χ2n) is 3.82. The number of halogens is 2. The van der Waals surface area contributed by atoms with Crippen LogP contribution >= 0.6 is 0 Å². The Kier molecular flexibility index (Phi) is 3.74. The standard InChI is InChI=1S/C11H16F2N2/c1-8(14-3)6-10-7-9(4-5-15-10)11(2,12)13/h4-5,7-8,14H,6H2,1-3H3. The van der Waals surface area contributed by atoms with Crippen molar-refractivity contribution in [2.75, 3.05) is 7.05 Å². The Morgan fingerprint density at radius 2 is 2.20 bits per heavy atom. The van der Waals surface area contributed by atoms with Crippen LogP contribution in [0.5, 0.6) is 0 Å². The number of alkyl halides is 2. The van der Waals surface area contributed by atoms with E-state index in [1.165, 1.54) is 18.3 Å². The Morgan fingerprint density at radius 1 is 1.53 bits per heavy atom. The average Bonchev–Trinajstić information content (AvgIpc) is 2.17. The predicted octanol–water partition coefficient (Wildman–Crippen LogP) is 2.34. The molecule has 1 N–H and O–H groups in total. The molecule has 0 radical (unpaired) electrons. The molecule has 0 fully saturated rings. The van der Waals surface area contributed by atoms with E-state index in [-0.39, 0.29) is 11.6 Å². The van der Waals surface area contributed by atoms with E-state index in [4.69, 9.17) is 0 Å². The van der Waals surface area contributed by atoms with Gasteiger partial charge in [0.05, 0.1) is 0 Å². The molecular formula is C11H16F2N2. The van der Waals surface area contributed by atoms with Crippen LogP contribution in [0.2, 0.25) is 0 Å². The molecule has 0 amide bonds. The van der Waals surface area contributed by atoms with Crippen molar-refractivity contribution in [1.82, 2.24) is 10.3 Å². The van der Waals surface area contributed by atoms with Gasteiger partial charge in [-0.25, -0.2) is 8.78 Å². The molecule has 15 heavy (non-hydrogen) atoms. The molecule has 1 rings (SSSR count). The molecule has 0 saturated carbocycles. The van der Waals surface area contributed by atoms with Crippen molar-refractivity contribution in [2.45, 2.75) is 32.2 Å². The van der Waals surface area contributed by atoms with Gasteiger partial charge >= 0.3 is 0 Å². The van der Waals surface area contributed by atoms with Crippen molar-refractivity contribution >= 4 is 0 Å². The molecule has 0 aliphatic heterocycles. The van der Waals surface area contributed by atoms with Gasteiger partial charge in [0.2, 0.25) is 0 Å². The highest BCUT2D eigenvalue weighted by Gasteiger charge is 2.24. The molecule has 1 unspecified atom stereocenters. The maximum absolute atomic E-state index is 13.0. The van der Waals surface area contributed by atoms with Crippen LogP contribution in [0.15, 0.2) is 18.3 Å². The minimum atomic E-state index is -2.79. The number of nitrogens with zero attached hydrogens (tertiary/aromatic N) is 1. The largest absolute Gasteiger partial charge is 0.317 e. The fourth-order valence-electron chi connectivity index (χ4n) is 1.28. The van der Waals surface area contributed by atoms with E-state index >= 15 is 0 Å². The number of rotatable bonds is 4. The summed E-state index contributed by atoms with van der Waals surface area (Å²) in [5.41, 5.74) is 0.715. The Labute approximate surface area is 88.7 Å². The zero-order valence-electron chi connectivity index (χ0n) is 9.22. The van der Waals surface area contributed by atoms with E-state index in [0.717, 1.165) is 6.92 Å². The Morgan fingerprint density at radius 3 is 2.73 bits per heavy atom. The lowest BCUT2D eigenvalue weighted by Gasteiger charge is -2.13. The van der Waals surface area contributed by atoms with Crippen LogP contribution in [0.3, 0.4) is 0 Å².